The van der Waals surface area contributed by atoms with Gasteiger partial charge in [0.05, 0.1) is 0 Å². The molecule has 0 radical (unpaired) electrons. The van der Waals surface area contributed by atoms with E-state index in [1.165, 1.54) is 51.5 Å². The summed E-state index contributed by atoms with van der Waals surface area (Å²) in [7, 11) is 0. The van der Waals surface area contributed by atoms with Gasteiger partial charge in [0.1, 0.15) is 0 Å². The van der Waals surface area contributed by atoms with Gasteiger partial charge < -0.3 is 5.32 Å². The van der Waals surface area contributed by atoms with Crippen molar-refractivity contribution < 1.29 is 0 Å². The van der Waals surface area contributed by atoms with Gasteiger partial charge in [0.2, 0.25) is 0 Å². The van der Waals surface area contributed by atoms with Gasteiger partial charge in [0.15, 0.2) is 0 Å². The second kappa shape index (κ2) is 5.05. The molecule has 1 fully saturated rings. The number of rotatable bonds is 4. The zero-order valence-electron chi connectivity index (χ0n) is 11.5. The van der Waals surface area contributed by atoms with Crippen molar-refractivity contribution in [1.29, 1.82) is 0 Å². The topological polar surface area (TPSA) is 12.0 Å². The molecule has 0 bridgehead atoms. The third-order valence-electron chi connectivity index (χ3n) is 5.05. The molecule has 1 aromatic carbocycles. The zero-order chi connectivity index (χ0) is 12.4. The Morgan fingerprint density at radius 3 is 2.83 bits per heavy atom. The first-order chi connectivity index (χ1) is 8.83. The first-order valence-corrected chi connectivity index (χ1v) is 7.64. The van der Waals surface area contributed by atoms with Crippen molar-refractivity contribution in [2.45, 2.75) is 57.9 Å². The third-order valence-corrected chi connectivity index (χ3v) is 5.05. The van der Waals surface area contributed by atoms with Crippen LogP contribution in [0.1, 0.15) is 62.6 Å². The van der Waals surface area contributed by atoms with Crippen molar-refractivity contribution in [3.8, 4) is 0 Å². The van der Waals surface area contributed by atoms with Crippen LogP contribution in [0.4, 0.5) is 0 Å². The summed E-state index contributed by atoms with van der Waals surface area (Å²) in [6.45, 7) is 3.57. The molecule has 1 unspecified atom stereocenters. The Hall–Kier alpha value is -0.820. The molecule has 0 heterocycles. The van der Waals surface area contributed by atoms with Crippen LogP contribution in [-0.2, 0) is 6.42 Å². The number of aryl methyl sites for hydroxylation is 1. The summed E-state index contributed by atoms with van der Waals surface area (Å²) >= 11 is 0. The van der Waals surface area contributed by atoms with E-state index in [0.717, 1.165) is 0 Å². The van der Waals surface area contributed by atoms with Crippen LogP contribution in [0.25, 0.3) is 0 Å². The fourth-order valence-corrected chi connectivity index (χ4v) is 3.31. The van der Waals surface area contributed by atoms with Gasteiger partial charge in [0.25, 0.3) is 0 Å². The highest BCUT2D eigenvalue weighted by Gasteiger charge is 2.40. The molecule has 1 atom stereocenters. The molecule has 2 aliphatic carbocycles. The van der Waals surface area contributed by atoms with E-state index in [0.29, 0.717) is 11.5 Å². The molecular formula is C17H25N. The third kappa shape index (κ3) is 2.47. The first kappa shape index (κ1) is 12.2. The van der Waals surface area contributed by atoms with Crippen molar-refractivity contribution in [3.63, 3.8) is 0 Å². The van der Waals surface area contributed by atoms with E-state index < -0.39 is 0 Å². The van der Waals surface area contributed by atoms with Crippen molar-refractivity contribution in [1.82, 2.24) is 5.32 Å². The second-order valence-electron chi connectivity index (χ2n) is 6.23. The van der Waals surface area contributed by atoms with Gasteiger partial charge in [-0.05, 0) is 55.1 Å². The van der Waals surface area contributed by atoms with Crippen LogP contribution in [0.2, 0.25) is 0 Å². The molecule has 0 saturated heterocycles. The van der Waals surface area contributed by atoms with Gasteiger partial charge in [-0.15, -0.1) is 0 Å². The Kier molecular flexibility index (Phi) is 3.43. The monoisotopic (exact) mass is 243 g/mol. The van der Waals surface area contributed by atoms with Gasteiger partial charge in [-0.1, -0.05) is 37.6 Å². The minimum Gasteiger partial charge on any atom is -0.309 e. The predicted octanol–water partition coefficient (Wildman–Crippen LogP) is 4.23. The summed E-state index contributed by atoms with van der Waals surface area (Å²) in [6.07, 6.45) is 9.52. The van der Waals surface area contributed by atoms with Gasteiger partial charge in [0, 0.05) is 12.6 Å². The lowest BCUT2D eigenvalue weighted by molar-refractivity contribution is 0.390. The molecule has 18 heavy (non-hydrogen) atoms. The molecule has 1 saturated carbocycles. The molecule has 0 amide bonds. The molecule has 0 aromatic heterocycles. The number of hydrogen-bond acceptors (Lipinski definition) is 1. The SMILES string of the molecule is CCC1(CNC2CCCCc3ccccc32)CC1. The summed E-state index contributed by atoms with van der Waals surface area (Å²) in [5.41, 5.74) is 3.80. The van der Waals surface area contributed by atoms with Gasteiger partial charge in [-0.3, -0.25) is 0 Å². The lowest BCUT2D eigenvalue weighted by Crippen LogP contribution is -2.28. The molecule has 2 aliphatic rings. The second-order valence-corrected chi connectivity index (χ2v) is 6.23. The Morgan fingerprint density at radius 2 is 2.06 bits per heavy atom. The van der Waals surface area contributed by atoms with Crippen LogP contribution in [0.5, 0.6) is 0 Å². The number of fused-ring (bicyclic) bond motifs is 1. The summed E-state index contributed by atoms with van der Waals surface area (Å²) in [4.78, 5) is 0. The van der Waals surface area contributed by atoms with E-state index in [-0.39, 0.29) is 0 Å². The highest BCUT2D eigenvalue weighted by Crippen LogP contribution is 2.48. The summed E-state index contributed by atoms with van der Waals surface area (Å²) < 4.78 is 0. The lowest BCUT2D eigenvalue weighted by atomic mass is 9.97. The maximum absolute atomic E-state index is 3.87. The molecule has 1 nitrogen and oxygen atoms in total. The van der Waals surface area contributed by atoms with E-state index >= 15 is 0 Å². The molecule has 0 aliphatic heterocycles. The van der Waals surface area contributed by atoms with Gasteiger partial charge >= 0.3 is 0 Å². The van der Waals surface area contributed by atoms with Crippen LogP contribution in [0.3, 0.4) is 0 Å². The van der Waals surface area contributed by atoms with Crippen LogP contribution in [-0.4, -0.2) is 6.54 Å². The van der Waals surface area contributed by atoms with Crippen molar-refractivity contribution in [2.24, 2.45) is 5.41 Å². The van der Waals surface area contributed by atoms with Gasteiger partial charge in [-0.2, -0.15) is 0 Å². The fourth-order valence-electron chi connectivity index (χ4n) is 3.31. The molecule has 0 spiro atoms. The highest BCUT2D eigenvalue weighted by atomic mass is 14.9. The maximum atomic E-state index is 3.87. The average molecular weight is 243 g/mol. The normalized spacial score (nSPS) is 25.3. The Bertz CT molecular complexity index is 406. The van der Waals surface area contributed by atoms with E-state index in [4.69, 9.17) is 0 Å². The standard InChI is InChI=1S/C17H25N/c1-2-17(11-12-17)13-18-16-10-6-4-8-14-7-3-5-9-15(14)16/h3,5,7,9,16,18H,2,4,6,8,10-13H2,1H3. The first-order valence-electron chi connectivity index (χ1n) is 7.64. The van der Waals surface area contributed by atoms with E-state index in [9.17, 15) is 0 Å². The Labute approximate surface area is 111 Å². The molecule has 3 rings (SSSR count). The maximum Gasteiger partial charge on any atom is 0.0323 e. The lowest BCUT2D eigenvalue weighted by Gasteiger charge is -2.22. The van der Waals surface area contributed by atoms with Crippen molar-refractivity contribution in [2.75, 3.05) is 6.54 Å². The molecule has 1 heteroatoms. The van der Waals surface area contributed by atoms with Crippen LogP contribution >= 0.6 is 0 Å². The minimum atomic E-state index is 0.604. The smallest absolute Gasteiger partial charge is 0.0323 e. The van der Waals surface area contributed by atoms with E-state index in [1.807, 2.05) is 0 Å². The summed E-state index contributed by atoms with van der Waals surface area (Å²) in [6, 6.07) is 9.65. The largest absolute Gasteiger partial charge is 0.309 e. The summed E-state index contributed by atoms with van der Waals surface area (Å²) in [5.74, 6) is 0. The number of benzene rings is 1. The quantitative estimate of drug-likeness (QED) is 0.780. The zero-order valence-corrected chi connectivity index (χ0v) is 11.5. The van der Waals surface area contributed by atoms with E-state index in [1.54, 1.807) is 11.1 Å². The highest BCUT2D eigenvalue weighted by molar-refractivity contribution is 5.31. The van der Waals surface area contributed by atoms with E-state index in [2.05, 4.69) is 36.5 Å². The van der Waals surface area contributed by atoms with Crippen LogP contribution in [0, 0.1) is 5.41 Å². The molecule has 1 aromatic rings. The minimum absolute atomic E-state index is 0.604. The van der Waals surface area contributed by atoms with Crippen molar-refractivity contribution in [3.05, 3.63) is 35.4 Å². The molecule has 98 valence electrons. The fraction of sp³-hybridized carbons (Fsp3) is 0.647. The summed E-state index contributed by atoms with van der Waals surface area (Å²) in [5, 5.41) is 3.87. The van der Waals surface area contributed by atoms with Crippen molar-refractivity contribution >= 4 is 0 Å². The van der Waals surface area contributed by atoms with Crippen LogP contribution < -0.4 is 5.32 Å². The Morgan fingerprint density at radius 1 is 1.22 bits per heavy atom. The number of nitrogens with one attached hydrogen (secondary N) is 1. The molecule has 1 N–H and O–H groups in total. The Balaban J connectivity index is 1.71. The predicted molar refractivity (Wildman–Crippen MR) is 76.7 cm³/mol. The number of hydrogen-bond donors (Lipinski definition) is 1. The average Bonchev–Trinajstić information content (AvgIpc) is 3.21. The van der Waals surface area contributed by atoms with Crippen LogP contribution in [0.15, 0.2) is 24.3 Å². The molecular weight excluding hydrogens is 218 g/mol. The van der Waals surface area contributed by atoms with Gasteiger partial charge in [-0.25, -0.2) is 0 Å².